The Kier molecular flexibility index (Phi) is 5.22. The summed E-state index contributed by atoms with van der Waals surface area (Å²) in [5.41, 5.74) is 5.97. The molecule has 4 nitrogen and oxygen atoms in total. The van der Waals surface area contributed by atoms with Crippen LogP contribution in [0, 0.1) is 5.82 Å². The lowest BCUT2D eigenvalue weighted by atomic mass is 9.96. The predicted molar refractivity (Wildman–Crippen MR) is 123 cm³/mol. The number of para-hydroxylation sites is 1. The molecule has 1 atom stereocenters. The number of hydrogen-bond acceptors (Lipinski definition) is 3. The monoisotopic (exact) mass is 430 g/mol. The van der Waals surface area contributed by atoms with E-state index in [1.54, 1.807) is 0 Å². The zero-order chi connectivity index (χ0) is 22.3. The highest BCUT2D eigenvalue weighted by molar-refractivity contribution is 6.01. The number of rotatable bonds is 6. The zero-order valence-electron chi connectivity index (χ0n) is 18.1. The highest BCUT2D eigenvalue weighted by atomic mass is 19.1. The van der Waals surface area contributed by atoms with Crippen LogP contribution in [0.4, 0.5) is 10.1 Å². The van der Waals surface area contributed by atoms with Crippen molar-refractivity contribution < 1.29 is 14.3 Å². The number of carbonyl (C=O) groups is 1. The number of anilines is 1. The summed E-state index contributed by atoms with van der Waals surface area (Å²) < 4.78 is 13.4. The number of benzene rings is 3. The summed E-state index contributed by atoms with van der Waals surface area (Å²) in [6.07, 6.45) is 2.27. The molecule has 0 bridgehead atoms. The van der Waals surface area contributed by atoms with Crippen molar-refractivity contribution in [3.63, 3.8) is 0 Å². The first-order valence-electron chi connectivity index (χ1n) is 11.1. The molecular formula is C27H27FN2O2. The van der Waals surface area contributed by atoms with E-state index in [4.69, 9.17) is 0 Å². The van der Waals surface area contributed by atoms with E-state index in [0.29, 0.717) is 12.1 Å². The van der Waals surface area contributed by atoms with Gasteiger partial charge in [-0.15, -0.1) is 0 Å². The molecule has 1 amide bonds. The van der Waals surface area contributed by atoms with Crippen LogP contribution in [0.15, 0.2) is 66.7 Å². The quantitative estimate of drug-likeness (QED) is 0.587. The maximum Gasteiger partial charge on any atom is 0.253 e. The third kappa shape index (κ3) is 3.78. The highest BCUT2D eigenvalue weighted by Crippen LogP contribution is 2.57. The molecule has 1 saturated carbocycles. The van der Waals surface area contributed by atoms with Crippen LogP contribution < -0.4 is 10.2 Å². The molecule has 3 aromatic carbocycles. The van der Waals surface area contributed by atoms with Crippen LogP contribution in [0.1, 0.15) is 58.4 Å². The Labute approximate surface area is 187 Å². The SMILES string of the molecule is CC(NC(=O)c1cccc2c1N(Cc1ccc(F)cc1)CC21CC1)c1ccc(CO)cc1. The molecule has 1 unspecified atom stereocenters. The van der Waals surface area contributed by atoms with E-state index in [2.05, 4.69) is 16.3 Å². The fourth-order valence-electron chi connectivity index (χ4n) is 4.82. The van der Waals surface area contributed by atoms with Gasteiger partial charge in [0.15, 0.2) is 0 Å². The second-order valence-electron chi connectivity index (χ2n) is 9.06. The molecule has 32 heavy (non-hydrogen) atoms. The summed E-state index contributed by atoms with van der Waals surface area (Å²) in [7, 11) is 0. The van der Waals surface area contributed by atoms with Crippen molar-refractivity contribution in [1.82, 2.24) is 5.32 Å². The Morgan fingerprint density at radius 1 is 1.06 bits per heavy atom. The van der Waals surface area contributed by atoms with Crippen LogP contribution in [-0.4, -0.2) is 17.6 Å². The maximum absolute atomic E-state index is 13.4. The second-order valence-corrected chi connectivity index (χ2v) is 9.06. The Bertz CT molecular complexity index is 1140. The van der Waals surface area contributed by atoms with Gasteiger partial charge in [-0.25, -0.2) is 4.39 Å². The summed E-state index contributed by atoms with van der Waals surface area (Å²) >= 11 is 0. The van der Waals surface area contributed by atoms with Gasteiger partial charge in [0.1, 0.15) is 5.82 Å². The number of aliphatic hydroxyl groups is 1. The topological polar surface area (TPSA) is 52.6 Å². The van der Waals surface area contributed by atoms with Crippen LogP contribution >= 0.6 is 0 Å². The molecule has 0 radical (unpaired) electrons. The molecule has 5 heteroatoms. The molecule has 2 aliphatic rings. The van der Waals surface area contributed by atoms with E-state index >= 15 is 0 Å². The molecule has 2 N–H and O–H groups in total. The molecule has 1 heterocycles. The van der Waals surface area contributed by atoms with Gasteiger partial charge >= 0.3 is 0 Å². The summed E-state index contributed by atoms with van der Waals surface area (Å²) in [6, 6.07) is 20.1. The van der Waals surface area contributed by atoms with Crippen molar-refractivity contribution in [1.29, 1.82) is 0 Å². The van der Waals surface area contributed by atoms with Crippen molar-refractivity contribution in [2.45, 2.75) is 44.4 Å². The average Bonchev–Trinajstić information content (AvgIpc) is 3.53. The number of amides is 1. The third-order valence-corrected chi connectivity index (χ3v) is 6.81. The molecule has 1 aliphatic carbocycles. The Balaban J connectivity index is 1.41. The summed E-state index contributed by atoms with van der Waals surface area (Å²) in [5, 5.41) is 12.4. The first-order valence-corrected chi connectivity index (χ1v) is 11.1. The van der Waals surface area contributed by atoms with Crippen molar-refractivity contribution >= 4 is 11.6 Å². The first-order chi connectivity index (χ1) is 15.5. The molecule has 0 saturated heterocycles. The number of nitrogens with one attached hydrogen (secondary N) is 1. The second kappa shape index (κ2) is 8.06. The third-order valence-electron chi connectivity index (χ3n) is 6.81. The Morgan fingerprint density at radius 2 is 1.75 bits per heavy atom. The van der Waals surface area contributed by atoms with E-state index in [0.717, 1.165) is 41.8 Å². The number of aliphatic hydroxyl groups excluding tert-OH is 1. The minimum atomic E-state index is -0.240. The van der Waals surface area contributed by atoms with Crippen LogP contribution in [0.2, 0.25) is 0 Å². The van der Waals surface area contributed by atoms with E-state index in [1.807, 2.05) is 55.5 Å². The van der Waals surface area contributed by atoms with Gasteiger partial charge in [0.05, 0.1) is 23.9 Å². The summed E-state index contributed by atoms with van der Waals surface area (Å²) in [4.78, 5) is 15.6. The predicted octanol–water partition coefficient (Wildman–Crippen LogP) is 4.86. The lowest BCUT2D eigenvalue weighted by Gasteiger charge is -2.23. The van der Waals surface area contributed by atoms with Crippen molar-refractivity contribution in [3.8, 4) is 0 Å². The fourth-order valence-corrected chi connectivity index (χ4v) is 4.82. The maximum atomic E-state index is 13.4. The standard InChI is InChI=1S/C27H27FN2O2/c1-18(21-9-5-20(16-31)6-10-21)29-26(32)23-3-2-4-24-25(23)30(17-27(24)13-14-27)15-19-7-11-22(28)12-8-19/h2-12,18,31H,13-17H2,1H3,(H,29,32). The number of carbonyl (C=O) groups excluding carboxylic acids is 1. The van der Waals surface area contributed by atoms with Gasteiger partial charge in [-0.3, -0.25) is 4.79 Å². The molecule has 1 spiro atoms. The van der Waals surface area contributed by atoms with Gasteiger partial charge < -0.3 is 15.3 Å². The van der Waals surface area contributed by atoms with Crippen molar-refractivity contribution in [3.05, 3.63) is 100 Å². The smallest absolute Gasteiger partial charge is 0.253 e. The van der Waals surface area contributed by atoms with Crippen LogP contribution in [0.5, 0.6) is 0 Å². The number of hydrogen-bond donors (Lipinski definition) is 2. The van der Waals surface area contributed by atoms with Gasteiger partial charge in [-0.05, 0) is 60.2 Å². The number of fused-ring (bicyclic) bond motifs is 2. The Hall–Kier alpha value is -3.18. The number of halogens is 1. The van der Waals surface area contributed by atoms with Crippen molar-refractivity contribution in [2.75, 3.05) is 11.4 Å². The van der Waals surface area contributed by atoms with E-state index in [9.17, 15) is 14.3 Å². The Morgan fingerprint density at radius 3 is 2.41 bits per heavy atom. The van der Waals surface area contributed by atoms with Gasteiger partial charge in [0.2, 0.25) is 0 Å². The van der Waals surface area contributed by atoms with Crippen LogP contribution in [-0.2, 0) is 18.6 Å². The van der Waals surface area contributed by atoms with Crippen molar-refractivity contribution in [2.24, 2.45) is 0 Å². The average molecular weight is 431 g/mol. The molecule has 164 valence electrons. The lowest BCUT2D eigenvalue weighted by molar-refractivity contribution is 0.0940. The summed E-state index contributed by atoms with van der Waals surface area (Å²) in [6.45, 7) is 3.51. The molecule has 3 aromatic rings. The van der Waals surface area contributed by atoms with E-state index < -0.39 is 0 Å². The van der Waals surface area contributed by atoms with Gasteiger partial charge in [-0.1, -0.05) is 48.5 Å². The summed E-state index contributed by atoms with van der Waals surface area (Å²) in [5.74, 6) is -0.335. The van der Waals surface area contributed by atoms with Gasteiger partial charge in [0.25, 0.3) is 5.91 Å². The highest BCUT2D eigenvalue weighted by Gasteiger charge is 2.52. The minimum absolute atomic E-state index is 0.00279. The van der Waals surface area contributed by atoms with Gasteiger partial charge in [0, 0.05) is 18.5 Å². The molecule has 5 rings (SSSR count). The zero-order valence-corrected chi connectivity index (χ0v) is 18.1. The minimum Gasteiger partial charge on any atom is -0.392 e. The normalized spacial score (nSPS) is 16.7. The lowest BCUT2D eigenvalue weighted by Crippen LogP contribution is -2.29. The van der Waals surface area contributed by atoms with Crippen LogP contribution in [0.25, 0.3) is 0 Å². The molecule has 1 fully saturated rings. The first kappa shape index (κ1) is 20.7. The molecule has 0 aromatic heterocycles. The molecular weight excluding hydrogens is 403 g/mol. The largest absolute Gasteiger partial charge is 0.392 e. The molecule has 1 aliphatic heterocycles. The van der Waals surface area contributed by atoms with E-state index in [1.165, 1.54) is 17.7 Å². The number of nitrogens with zero attached hydrogens (tertiary/aromatic N) is 1. The van der Waals surface area contributed by atoms with Gasteiger partial charge in [-0.2, -0.15) is 0 Å². The van der Waals surface area contributed by atoms with E-state index in [-0.39, 0.29) is 29.8 Å². The fraction of sp³-hybridized carbons (Fsp3) is 0.296. The van der Waals surface area contributed by atoms with Crippen LogP contribution in [0.3, 0.4) is 0 Å².